The van der Waals surface area contributed by atoms with Gasteiger partial charge in [0.2, 0.25) is 0 Å². The molecule has 0 aliphatic carbocycles. The van der Waals surface area contributed by atoms with Gasteiger partial charge in [-0.3, -0.25) is 9.59 Å². The Kier molecular flexibility index (Phi) is 7.02. The fourth-order valence-corrected chi connectivity index (χ4v) is 2.32. The fourth-order valence-electron chi connectivity index (χ4n) is 2.32. The van der Waals surface area contributed by atoms with Crippen LogP contribution in [-0.2, 0) is 4.79 Å². The minimum absolute atomic E-state index is 0.221. The molecule has 0 saturated carbocycles. The Labute approximate surface area is 153 Å². The average Bonchev–Trinajstić information content (AvgIpc) is 2.66. The summed E-state index contributed by atoms with van der Waals surface area (Å²) in [7, 11) is 1.54. The maximum atomic E-state index is 12.5. The van der Waals surface area contributed by atoms with Crippen molar-refractivity contribution in [3.63, 3.8) is 0 Å². The summed E-state index contributed by atoms with van der Waals surface area (Å²) in [5.41, 5.74) is 0.861. The molecule has 0 spiro atoms. The molecule has 0 unspecified atom stereocenters. The number of amides is 2. The van der Waals surface area contributed by atoms with Gasteiger partial charge in [-0.05, 0) is 37.6 Å². The largest absolute Gasteiger partial charge is 0.493 e. The zero-order valence-electron chi connectivity index (χ0n) is 15.2. The third-order valence-electron chi connectivity index (χ3n) is 3.71. The molecule has 0 heterocycles. The van der Waals surface area contributed by atoms with Crippen LogP contribution in [0, 0.1) is 0 Å². The van der Waals surface area contributed by atoms with Crippen LogP contribution in [0.2, 0.25) is 0 Å². The molecule has 2 amide bonds. The first-order chi connectivity index (χ1) is 12.6. The second kappa shape index (κ2) is 9.46. The highest BCUT2D eigenvalue weighted by Gasteiger charge is 2.19. The van der Waals surface area contributed by atoms with Crippen molar-refractivity contribution in [1.82, 2.24) is 5.32 Å². The summed E-state index contributed by atoms with van der Waals surface area (Å²) < 4.78 is 10.9. The van der Waals surface area contributed by atoms with Crippen LogP contribution in [0.5, 0.6) is 11.5 Å². The summed E-state index contributed by atoms with van der Waals surface area (Å²) in [6.07, 6.45) is 0.0717. The molecule has 2 rings (SSSR count). The first-order valence-electron chi connectivity index (χ1n) is 8.54. The van der Waals surface area contributed by atoms with Gasteiger partial charge in [0.25, 0.3) is 11.8 Å². The van der Waals surface area contributed by atoms with E-state index in [1.807, 2.05) is 13.0 Å². The molecule has 0 aliphatic heterocycles. The Bertz CT molecular complexity index is 761. The topological polar surface area (TPSA) is 76.7 Å². The highest BCUT2D eigenvalue weighted by atomic mass is 16.5. The number of carbonyl (C=O) groups excluding carboxylic acids is 2. The smallest absolute Gasteiger partial charge is 0.265 e. The van der Waals surface area contributed by atoms with Crippen molar-refractivity contribution in [3.05, 3.63) is 54.1 Å². The lowest BCUT2D eigenvalue weighted by atomic mass is 10.1. The van der Waals surface area contributed by atoms with Crippen LogP contribution < -0.4 is 20.1 Å². The van der Waals surface area contributed by atoms with E-state index in [9.17, 15) is 9.59 Å². The third-order valence-corrected chi connectivity index (χ3v) is 3.71. The van der Waals surface area contributed by atoms with Crippen molar-refractivity contribution < 1.29 is 19.1 Å². The molecule has 0 saturated heterocycles. The van der Waals surface area contributed by atoms with Gasteiger partial charge in [0.1, 0.15) is 0 Å². The Morgan fingerprint density at radius 1 is 1.04 bits per heavy atom. The summed E-state index contributed by atoms with van der Waals surface area (Å²) >= 11 is 0. The van der Waals surface area contributed by atoms with Crippen molar-refractivity contribution in [2.45, 2.75) is 26.4 Å². The van der Waals surface area contributed by atoms with E-state index >= 15 is 0 Å². The molecule has 2 aromatic carbocycles. The molecule has 1 atom stereocenters. The average molecular weight is 356 g/mol. The number of nitrogens with one attached hydrogen (secondary N) is 2. The Balaban J connectivity index is 2.08. The number of rotatable bonds is 8. The number of anilines is 1. The lowest BCUT2D eigenvalue weighted by Crippen LogP contribution is -2.32. The molecule has 2 aromatic rings. The first-order valence-corrected chi connectivity index (χ1v) is 8.54. The SMILES string of the molecule is CCCNC(=O)c1ccccc1NC(=O)[C@H](C)Oc1ccccc1OC. The van der Waals surface area contributed by atoms with Crippen molar-refractivity contribution in [3.8, 4) is 11.5 Å². The maximum Gasteiger partial charge on any atom is 0.265 e. The van der Waals surface area contributed by atoms with Gasteiger partial charge in [-0.1, -0.05) is 31.2 Å². The minimum atomic E-state index is -0.766. The maximum absolute atomic E-state index is 12.5. The number of methoxy groups -OCH3 is 1. The Hall–Kier alpha value is -3.02. The molecule has 2 N–H and O–H groups in total. The van der Waals surface area contributed by atoms with Crippen molar-refractivity contribution in [1.29, 1.82) is 0 Å². The summed E-state index contributed by atoms with van der Waals surface area (Å²) in [6, 6.07) is 14.0. The van der Waals surface area contributed by atoms with E-state index in [0.717, 1.165) is 6.42 Å². The van der Waals surface area contributed by atoms with E-state index in [0.29, 0.717) is 29.3 Å². The van der Waals surface area contributed by atoms with Gasteiger partial charge >= 0.3 is 0 Å². The number of hydrogen-bond acceptors (Lipinski definition) is 4. The van der Waals surface area contributed by atoms with Crippen LogP contribution in [0.1, 0.15) is 30.6 Å². The number of para-hydroxylation sites is 3. The minimum Gasteiger partial charge on any atom is -0.493 e. The second-order valence-corrected chi connectivity index (χ2v) is 5.70. The van der Waals surface area contributed by atoms with Crippen LogP contribution >= 0.6 is 0 Å². The van der Waals surface area contributed by atoms with Gasteiger partial charge < -0.3 is 20.1 Å². The molecule has 6 nitrogen and oxygen atoms in total. The highest BCUT2D eigenvalue weighted by molar-refractivity contribution is 6.04. The molecule has 138 valence electrons. The molecule has 0 aromatic heterocycles. The quantitative estimate of drug-likeness (QED) is 0.761. The van der Waals surface area contributed by atoms with Gasteiger partial charge in [-0.15, -0.1) is 0 Å². The van der Waals surface area contributed by atoms with Crippen LogP contribution in [0.3, 0.4) is 0 Å². The van der Waals surface area contributed by atoms with Gasteiger partial charge in [-0.2, -0.15) is 0 Å². The van der Waals surface area contributed by atoms with E-state index in [-0.39, 0.29) is 11.8 Å². The summed E-state index contributed by atoms with van der Waals surface area (Å²) in [4.78, 5) is 24.7. The van der Waals surface area contributed by atoms with E-state index in [2.05, 4.69) is 10.6 Å². The normalized spacial score (nSPS) is 11.3. The monoisotopic (exact) mass is 356 g/mol. The first kappa shape index (κ1) is 19.3. The van der Waals surface area contributed by atoms with Crippen LogP contribution in [-0.4, -0.2) is 31.6 Å². The van der Waals surface area contributed by atoms with E-state index in [1.54, 1.807) is 49.4 Å². The van der Waals surface area contributed by atoms with E-state index in [1.165, 1.54) is 7.11 Å². The Morgan fingerprint density at radius 3 is 2.38 bits per heavy atom. The van der Waals surface area contributed by atoms with Crippen molar-refractivity contribution in [2.75, 3.05) is 19.0 Å². The molecule has 0 fully saturated rings. The zero-order valence-corrected chi connectivity index (χ0v) is 15.2. The lowest BCUT2D eigenvalue weighted by molar-refractivity contribution is -0.122. The van der Waals surface area contributed by atoms with Crippen molar-refractivity contribution >= 4 is 17.5 Å². The molecule has 26 heavy (non-hydrogen) atoms. The van der Waals surface area contributed by atoms with Gasteiger partial charge in [0.15, 0.2) is 17.6 Å². The van der Waals surface area contributed by atoms with E-state index in [4.69, 9.17) is 9.47 Å². The van der Waals surface area contributed by atoms with E-state index < -0.39 is 6.10 Å². The predicted molar refractivity (Wildman–Crippen MR) is 101 cm³/mol. The molecular formula is C20H24N2O4. The number of carbonyl (C=O) groups is 2. The number of benzene rings is 2. The van der Waals surface area contributed by atoms with Gasteiger partial charge in [0.05, 0.1) is 18.4 Å². The van der Waals surface area contributed by atoms with Crippen LogP contribution in [0.4, 0.5) is 5.69 Å². The third kappa shape index (κ3) is 4.99. The molecule has 0 radical (unpaired) electrons. The molecular weight excluding hydrogens is 332 g/mol. The van der Waals surface area contributed by atoms with Crippen LogP contribution in [0.25, 0.3) is 0 Å². The molecule has 0 bridgehead atoms. The predicted octanol–water partition coefficient (Wildman–Crippen LogP) is 3.24. The summed E-state index contributed by atoms with van der Waals surface area (Å²) in [5.74, 6) is 0.450. The van der Waals surface area contributed by atoms with Crippen LogP contribution in [0.15, 0.2) is 48.5 Å². The lowest BCUT2D eigenvalue weighted by Gasteiger charge is -2.17. The van der Waals surface area contributed by atoms with Crippen molar-refractivity contribution in [2.24, 2.45) is 0 Å². The number of hydrogen-bond donors (Lipinski definition) is 2. The number of ether oxygens (including phenoxy) is 2. The Morgan fingerprint density at radius 2 is 1.69 bits per heavy atom. The fraction of sp³-hybridized carbons (Fsp3) is 0.300. The molecule has 6 heteroatoms. The highest BCUT2D eigenvalue weighted by Crippen LogP contribution is 2.27. The standard InChI is InChI=1S/C20H24N2O4/c1-4-13-21-20(24)15-9-5-6-10-16(15)22-19(23)14(2)26-18-12-8-7-11-17(18)25-3/h5-12,14H,4,13H2,1-3H3,(H,21,24)(H,22,23)/t14-/m0/s1. The van der Waals surface area contributed by atoms with Gasteiger partial charge in [0, 0.05) is 6.54 Å². The summed E-state index contributed by atoms with van der Waals surface area (Å²) in [5, 5.41) is 5.57. The zero-order chi connectivity index (χ0) is 18.9. The van der Waals surface area contributed by atoms with Gasteiger partial charge in [-0.25, -0.2) is 0 Å². The molecule has 0 aliphatic rings. The summed E-state index contributed by atoms with van der Waals surface area (Å²) in [6.45, 7) is 4.20. The second-order valence-electron chi connectivity index (χ2n) is 5.70.